The largest absolute Gasteiger partial charge is 0.494 e. The van der Waals surface area contributed by atoms with E-state index in [1.807, 2.05) is 38.1 Å². The van der Waals surface area contributed by atoms with Gasteiger partial charge >= 0.3 is 0 Å². The summed E-state index contributed by atoms with van der Waals surface area (Å²) in [7, 11) is 0. The molecule has 1 aliphatic rings. The van der Waals surface area contributed by atoms with Crippen LogP contribution in [-0.2, 0) is 16.1 Å². The fraction of sp³-hybridized carbons (Fsp3) is 0.240. The number of carbonyl (C=O) groups is 3. The minimum Gasteiger partial charge on any atom is -0.494 e. The van der Waals surface area contributed by atoms with E-state index >= 15 is 0 Å². The van der Waals surface area contributed by atoms with Crippen LogP contribution < -0.4 is 9.64 Å². The summed E-state index contributed by atoms with van der Waals surface area (Å²) in [5, 5.41) is 0. The molecule has 7 heteroatoms. The number of amides is 3. The van der Waals surface area contributed by atoms with Crippen LogP contribution in [0, 0.1) is 6.92 Å². The maximum absolute atomic E-state index is 13.3. The maximum Gasteiger partial charge on any atom is 0.290 e. The van der Waals surface area contributed by atoms with Gasteiger partial charge in [-0.25, -0.2) is 4.90 Å². The zero-order valence-corrected chi connectivity index (χ0v) is 18.0. The highest BCUT2D eigenvalue weighted by atomic mass is 16.5. The highest BCUT2D eigenvalue weighted by molar-refractivity contribution is 6.23. The fourth-order valence-corrected chi connectivity index (χ4v) is 3.74. The minimum atomic E-state index is -0.923. The lowest BCUT2D eigenvalue weighted by Crippen LogP contribution is -2.45. The summed E-state index contributed by atoms with van der Waals surface area (Å²) in [5.41, 5.74) is 2.40. The van der Waals surface area contributed by atoms with Crippen LogP contribution in [0.1, 0.15) is 35.0 Å². The fourth-order valence-electron chi connectivity index (χ4n) is 3.74. The molecule has 32 heavy (non-hydrogen) atoms. The van der Waals surface area contributed by atoms with Crippen molar-refractivity contribution in [3.8, 4) is 5.75 Å². The van der Waals surface area contributed by atoms with Crippen LogP contribution in [0.2, 0.25) is 0 Å². The Hall–Kier alpha value is -3.87. The van der Waals surface area contributed by atoms with Crippen LogP contribution in [0.25, 0.3) is 0 Å². The Kier molecular flexibility index (Phi) is 6.07. The topological polar surface area (TPSA) is 80.1 Å². The smallest absolute Gasteiger partial charge is 0.290 e. The van der Waals surface area contributed by atoms with Crippen LogP contribution >= 0.6 is 0 Å². The van der Waals surface area contributed by atoms with Crippen LogP contribution in [0.4, 0.5) is 5.69 Å². The minimum absolute atomic E-state index is 0.0929. The average Bonchev–Trinajstić information content (AvgIpc) is 3.42. The molecule has 1 unspecified atom stereocenters. The van der Waals surface area contributed by atoms with Crippen molar-refractivity contribution in [3.63, 3.8) is 0 Å². The number of aryl methyl sites for hydroxylation is 1. The standard InChI is InChI=1S/C25H24N2O5/c1-3-31-20-12-10-19(11-13-20)27-23(28)15-21(24(27)29)26(25(30)22-5-4-14-32-22)16-18-8-6-17(2)7-9-18/h4-14,21H,3,15-16H2,1-2H3. The van der Waals surface area contributed by atoms with Crippen molar-refractivity contribution < 1.29 is 23.5 Å². The molecule has 2 heterocycles. The molecule has 1 aromatic heterocycles. The number of rotatable bonds is 7. The third kappa shape index (κ3) is 4.27. The van der Waals surface area contributed by atoms with E-state index in [0.29, 0.717) is 18.0 Å². The van der Waals surface area contributed by atoms with Gasteiger partial charge in [-0.15, -0.1) is 0 Å². The first-order valence-corrected chi connectivity index (χ1v) is 10.5. The number of ether oxygens (including phenoxy) is 1. The summed E-state index contributed by atoms with van der Waals surface area (Å²) < 4.78 is 10.7. The number of hydrogen-bond acceptors (Lipinski definition) is 5. The van der Waals surface area contributed by atoms with Crippen LogP contribution in [-0.4, -0.2) is 35.3 Å². The molecule has 0 aliphatic carbocycles. The van der Waals surface area contributed by atoms with Gasteiger partial charge in [-0.1, -0.05) is 29.8 Å². The van der Waals surface area contributed by atoms with Crippen molar-refractivity contribution in [2.45, 2.75) is 32.9 Å². The Morgan fingerprint density at radius 1 is 1.09 bits per heavy atom. The van der Waals surface area contributed by atoms with E-state index < -0.39 is 17.9 Å². The summed E-state index contributed by atoms with van der Waals surface area (Å²) in [6, 6.07) is 16.7. The first-order valence-electron chi connectivity index (χ1n) is 10.5. The molecule has 0 spiro atoms. The van der Waals surface area contributed by atoms with Crippen LogP contribution in [0.3, 0.4) is 0 Å². The third-order valence-electron chi connectivity index (χ3n) is 5.37. The highest BCUT2D eigenvalue weighted by Crippen LogP contribution is 2.29. The molecule has 164 valence electrons. The van der Waals surface area contributed by atoms with Gasteiger partial charge in [0, 0.05) is 6.54 Å². The lowest BCUT2D eigenvalue weighted by atomic mass is 10.1. The highest BCUT2D eigenvalue weighted by Gasteiger charge is 2.45. The van der Waals surface area contributed by atoms with Crippen LogP contribution in [0.5, 0.6) is 5.75 Å². The first-order chi connectivity index (χ1) is 15.5. The quantitative estimate of drug-likeness (QED) is 0.528. The van der Waals surface area contributed by atoms with Gasteiger partial charge < -0.3 is 14.1 Å². The first kappa shape index (κ1) is 21.4. The third-order valence-corrected chi connectivity index (χ3v) is 5.37. The van der Waals surface area contributed by atoms with E-state index in [9.17, 15) is 14.4 Å². The molecule has 4 rings (SSSR count). The number of hydrogen-bond donors (Lipinski definition) is 0. The van der Waals surface area contributed by atoms with E-state index in [1.54, 1.807) is 36.4 Å². The van der Waals surface area contributed by atoms with Gasteiger partial charge in [-0.3, -0.25) is 14.4 Å². The van der Waals surface area contributed by atoms with Crippen molar-refractivity contribution in [1.29, 1.82) is 0 Å². The van der Waals surface area contributed by atoms with Gasteiger partial charge in [0.05, 0.1) is 25.0 Å². The SMILES string of the molecule is CCOc1ccc(N2C(=O)CC(N(Cc3ccc(C)cc3)C(=O)c3ccco3)C2=O)cc1. The second-order valence-electron chi connectivity index (χ2n) is 7.61. The van der Waals surface area contributed by atoms with Gasteiger partial charge in [0.25, 0.3) is 11.8 Å². The molecule has 0 saturated carbocycles. The molecule has 0 radical (unpaired) electrons. The van der Waals surface area contributed by atoms with Crippen molar-refractivity contribution >= 4 is 23.4 Å². The van der Waals surface area contributed by atoms with Gasteiger partial charge in [0.2, 0.25) is 5.91 Å². The zero-order chi connectivity index (χ0) is 22.7. The maximum atomic E-state index is 13.3. The monoisotopic (exact) mass is 432 g/mol. The lowest BCUT2D eigenvalue weighted by Gasteiger charge is -2.27. The van der Waals surface area contributed by atoms with E-state index in [2.05, 4.69) is 0 Å². The second kappa shape index (κ2) is 9.09. The summed E-state index contributed by atoms with van der Waals surface area (Å²) in [6.07, 6.45) is 1.31. The number of benzene rings is 2. The molecule has 1 saturated heterocycles. The number of carbonyl (C=O) groups excluding carboxylic acids is 3. The molecule has 1 fully saturated rings. The molecule has 7 nitrogen and oxygen atoms in total. The van der Waals surface area contributed by atoms with E-state index in [0.717, 1.165) is 16.0 Å². The molecule has 3 aromatic rings. The Morgan fingerprint density at radius 2 is 1.81 bits per heavy atom. The molecule has 2 aromatic carbocycles. The number of imide groups is 1. The number of nitrogens with zero attached hydrogens (tertiary/aromatic N) is 2. The van der Waals surface area contributed by atoms with Crippen LogP contribution in [0.15, 0.2) is 71.3 Å². The average molecular weight is 432 g/mol. The molecule has 1 atom stereocenters. The second-order valence-corrected chi connectivity index (χ2v) is 7.61. The Labute approximate surface area is 186 Å². The molecule has 1 aliphatic heterocycles. The number of furan rings is 1. The molecule has 3 amide bonds. The molecule has 0 N–H and O–H groups in total. The normalized spacial score (nSPS) is 15.8. The lowest BCUT2D eigenvalue weighted by molar-refractivity contribution is -0.122. The van der Waals surface area contributed by atoms with Crippen molar-refractivity contribution in [2.75, 3.05) is 11.5 Å². The van der Waals surface area contributed by atoms with E-state index in [4.69, 9.17) is 9.15 Å². The predicted octanol–water partition coefficient (Wildman–Crippen LogP) is 3.96. The zero-order valence-electron chi connectivity index (χ0n) is 18.0. The summed E-state index contributed by atoms with van der Waals surface area (Å²) in [5.74, 6) is -0.454. The number of anilines is 1. The van der Waals surface area contributed by atoms with Gasteiger partial charge in [-0.2, -0.15) is 0 Å². The van der Waals surface area contributed by atoms with Crippen molar-refractivity contribution in [1.82, 2.24) is 4.90 Å². The summed E-state index contributed by atoms with van der Waals surface area (Å²) in [6.45, 7) is 4.56. The van der Waals surface area contributed by atoms with Gasteiger partial charge in [0.15, 0.2) is 5.76 Å². The Bertz CT molecular complexity index is 1100. The van der Waals surface area contributed by atoms with Crippen molar-refractivity contribution in [3.05, 3.63) is 83.8 Å². The van der Waals surface area contributed by atoms with E-state index in [1.165, 1.54) is 11.2 Å². The Balaban J connectivity index is 1.63. The van der Waals surface area contributed by atoms with E-state index in [-0.39, 0.29) is 24.6 Å². The van der Waals surface area contributed by atoms with Gasteiger partial charge in [-0.05, 0) is 55.8 Å². The summed E-state index contributed by atoms with van der Waals surface area (Å²) in [4.78, 5) is 41.9. The predicted molar refractivity (Wildman–Crippen MR) is 118 cm³/mol. The Morgan fingerprint density at radius 3 is 2.44 bits per heavy atom. The molecular formula is C25H24N2O5. The molecular weight excluding hydrogens is 408 g/mol. The van der Waals surface area contributed by atoms with Gasteiger partial charge in [0.1, 0.15) is 11.8 Å². The molecule has 0 bridgehead atoms. The van der Waals surface area contributed by atoms with Crippen molar-refractivity contribution in [2.24, 2.45) is 0 Å². The summed E-state index contributed by atoms with van der Waals surface area (Å²) >= 11 is 0.